The van der Waals surface area contributed by atoms with Crippen LogP contribution in [0.1, 0.15) is 40.0 Å². The van der Waals surface area contributed by atoms with Crippen LogP contribution in [0.4, 0.5) is 5.13 Å². The third kappa shape index (κ3) is 2.61. The van der Waals surface area contributed by atoms with Crippen molar-refractivity contribution in [1.29, 1.82) is 0 Å². The van der Waals surface area contributed by atoms with E-state index >= 15 is 0 Å². The number of halogens is 1. The summed E-state index contributed by atoms with van der Waals surface area (Å²) in [6.45, 7) is 6.61. The number of thiazole rings is 1. The zero-order valence-corrected chi connectivity index (χ0v) is 10.5. The third-order valence-electron chi connectivity index (χ3n) is 2.88. The molecule has 0 aliphatic rings. The second kappa shape index (κ2) is 4.99. The Balaban J connectivity index is 2.73. The van der Waals surface area contributed by atoms with E-state index < -0.39 is 0 Å². The number of nitrogens with one attached hydrogen (secondary N) is 1. The van der Waals surface area contributed by atoms with Gasteiger partial charge in [-0.25, -0.2) is 4.98 Å². The van der Waals surface area contributed by atoms with Gasteiger partial charge in [0, 0.05) is 10.9 Å². The normalized spacial score (nSPS) is 11.7. The van der Waals surface area contributed by atoms with Gasteiger partial charge in [-0.1, -0.05) is 32.4 Å². The summed E-state index contributed by atoms with van der Waals surface area (Å²) in [4.78, 5) is 4.21. The van der Waals surface area contributed by atoms with Gasteiger partial charge in [-0.05, 0) is 19.3 Å². The monoisotopic (exact) mass is 232 g/mol. The molecule has 4 heteroatoms. The van der Waals surface area contributed by atoms with Gasteiger partial charge in [0.15, 0.2) is 5.13 Å². The number of hydrogen-bond donors (Lipinski definition) is 1. The Morgan fingerprint density at radius 2 is 1.93 bits per heavy atom. The summed E-state index contributed by atoms with van der Waals surface area (Å²) in [7, 11) is 0. The molecular formula is C10H17ClN2S. The Labute approximate surface area is 94.7 Å². The molecule has 0 atom stereocenters. The van der Waals surface area contributed by atoms with Crippen LogP contribution < -0.4 is 5.32 Å². The van der Waals surface area contributed by atoms with Crippen molar-refractivity contribution >= 4 is 28.1 Å². The summed E-state index contributed by atoms with van der Waals surface area (Å²) >= 11 is 7.35. The van der Waals surface area contributed by atoms with E-state index in [1.807, 2.05) is 5.38 Å². The molecule has 0 aliphatic heterocycles. The highest BCUT2D eigenvalue weighted by Gasteiger charge is 2.24. The molecule has 0 aliphatic carbocycles. The van der Waals surface area contributed by atoms with Gasteiger partial charge < -0.3 is 5.32 Å². The van der Waals surface area contributed by atoms with Gasteiger partial charge in [-0.3, -0.25) is 0 Å². The molecule has 14 heavy (non-hydrogen) atoms. The largest absolute Gasteiger partial charge is 0.356 e. The first-order valence-corrected chi connectivity index (χ1v) is 6.30. The molecule has 0 spiro atoms. The lowest BCUT2D eigenvalue weighted by molar-refractivity contribution is 0.420. The lowest BCUT2D eigenvalue weighted by atomic mass is 9.90. The highest BCUT2D eigenvalue weighted by Crippen LogP contribution is 2.28. The summed E-state index contributed by atoms with van der Waals surface area (Å²) in [6.07, 6.45) is 3.32. The number of nitrogens with zero attached hydrogens (tertiary/aromatic N) is 1. The van der Waals surface area contributed by atoms with Crippen molar-refractivity contribution in [2.24, 2.45) is 0 Å². The Morgan fingerprint density at radius 1 is 1.36 bits per heavy atom. The molecule has 0 fully saturated rings. The smallest absolute Gasteiger partial charge is 0.184 e. The predicted molar refractivity (Wildman–Crippen MR) is 64.4 cm³/mol. The van der Waals surface area contributed by atoms with Gasteiger partial charge in [0.1, 0.15) is 5.15 Å². The van der Waals surface area contributed by atoms with Gasteiger partial charge >= 0.3 is 0 Å². The van der Waals surface area contributed by atoms with E-state index in [0.29, 0.717) is 5.15 Å². The molecule has 80 valence electrons. The van der Waals surface area contributed by atoms with E-state index in [9.17, 15) is 0 Å². The minimum absolute atomic E-state index is 0.182. The molecule has 0 radical (unpaired) electrons. The van der Waals surface area contributed by atoms with Gasteiger partial charge in [0.2, 0.25) is 0 Å². The average Bonchev–Trinajstić information content (AvgIpc) is 2.61. The molecule has 0 bridgehead atoms. The fourth-order valence-electron chi connectivity index (χ4n) is 1.55. The summed E-state index contributed by atoms with van der Waals surface area (Å²) in [5.41, 5.74) is 0.182. The van der Waals surface area contributed by atoms with Crippen LogP contribution in [0.2, 0.25) is 5.15 Å². The topological polar surface area (TPSA) is 24.9 Å². The van der Waals surface area contributed by atoms with Crippen molar-refractivity contribution < 1.29 is 0 Å². The van der Waals surface area contributed by atoms with Crippen LogP contribution in [0, 0.1) is 0 Å². The van der Waals surface area contributed by atoms with E-state index in [1.165, 1.54) is 0 Å². The maximum absolute atomic E-state index is 5.78. The number of rotatable bonds is 5. The van der Waals surface area contributed by atoms with Gasteiger partial charge in [-0.15, -0.1) is 11.3 Å². The van der Waals surface area contributed by atoms with E-state index in [-0.39, 0.29) is 5.54 Å². The number of hydrogen-bond acceptors (Lipinski definition) is 3. The molecule has 1 heterocycles. The van der Waals surface area contributed by atoms with Crippen molar-refractivity contribution in [3.05, 3.63) is 10.5 Å². The van der Waals surface area contributed by atoms with Crippen molar-refractivity contribution in [3.63, 3.8) is 0 Å². The Kier molecular flexibility index (Phi) is 4.20. The van der Waals surface area contributed by atoms with E-state index in [1.54, 1.807) is 11.3 Å². The first-order chi connectivity index (χ1) is 6.65. The third-order valence-corrected chi connectivity index (χ3v) is 3.96. The second-order valence-electron chi connectivity index (χ2n) is 3.44. The summed E-state index contributed by atoms with van der Waals surface area (Å²) in [5.74, 6) is 0. The highest BCUT2D eigenvalue weighted by atomic mass is 35.5. The lowest BCUT2D eigenvalue weighted by Gasteiger charge is -2.31. The zero-order valence-electron chi connectivity index (χ0n) is 8.93. The molecule has 0 saturated heterocycles. The molecule has 0 amide bonds. The first-order valence-electron chi connectivity index (χ1n) is 5.05. The number of anilines is 1. The standard InChI is InChI=1S/C10H17ClN2S/c1-4-10(5-2,6-3)13-9-12-8(11)7-14-9/h7H,4-6H2,1-3H3,(H,12,13). The maximum atomic E-state index is 5.78. The lowest BCUT2D eigenvalue weighted by Crippen LogP contribution is -2.35. The van der Waals surface area contributed by atoms with Crippen LogP contribution in [0.15, 0.2) is 5.38 Å². The van der Waals surface area contributed by atoms with E-state index in [4.69, 9.17) is 11.6 Å². The first kappa shape index (κ1) is 11.8. The SMILES string of the molecule is CCC(CC)(CC)Nc1nc(Cl)cs1. The van der Waals surface area contributed by atoms with Crippen LogP contribution >= 0.6 is 22.9 Å². The van der Waals surface area contributed by atoms with E-state index in [0.717, 1.165) is 24.4 Å². The molecule has 0 unspecified atom stereocenters. The van der Waals surface area contributed by atoms with Crippen LogP contribution in [0.3, 0.4) is 0 Å². The zero-order chi connectivity index (χ0) is 10.6. The van der Waals surface area contributed by atoms with Crippen LogP contribution in [-0.4, -0.2) is 10.5 Å². The fourth-order valence-corrected chi connectivity index (χ4v) is 2.51. The van der Waals surface area contributed by atoms with Crippen molar-refractivity contribution in [3.8, 4) is 0 Å². The minimum atomic E-state index is 0.182. The van der Waals surface area contributed by atoms with Crippen molar-refractivity contribution in [2.45, 2.75) is 45.6 Å². The Morgan fingerprint density at radius 3 is 2.29 bits per heavy atom. The van der Waals surface area contributed by atoms with Crippen LogP contribution in [-0.2, 0) is 0 Å². The highest BCUT2D eigenvalue weighted by molar-refractivity contribution is 7.14. The summed E-state index contributed by atoms with van der Waals surface area (Å²) in [5, 5.41) is 6.85. The predicted octanol–water partition coefficient (Wildman–Crippen LogP) is 4.18. The van der Waals surface area contributed by atoms with Gasteiger partial charge in [-0.2, -0.15) is 0 Å². The van der Waals surface area contributed by atoms with Crippen LogP contribution in [0.5, 0.6) is 0 Å². The molecule has 1 aromatic rings. The van der Waals surface area contributed by atoms with Crippen molar-refractivity contribution in [1.82, 2.24) is 4.98 Å². The Hall–Kier alpha value is -0.280. The van der Waals surface area contributed by atoms with E-state index in [2.05, 4.69) is 31.1 Å². The van der Waals surface area contributed by atoms with Crippen LogP contribution in [0.25, 0.3) is 0 Å². The Bertz CT molecular complexity index is 273. The summed E-state index contributed by atoms with van der Waals surface area (Å²) in [6, 6.07) is 0. The molecule has 2 nitrogen and oxygen atoms in total. The second-order valence-corrected chi connectivity index (χ2v) is 4.69. The quantitative estimate of drug-likeness (QED) is 0.824. The number of aromatic nitrogens is 1. The molecule has 1 rings (SSSR count). The fraction of sp³-hybridized carbons (Fsp3) is 0.700. The maximum Gasteiger partial charge on any atom is 0.184 e. The molecule has 1 N–H and O–H groups in total. The summed E-state index contributed by atoms with van der Waals surface area (Å²) < 4.78 is 0. The average molecular weight is 233 g/mol. The van der Waals surface area contributed by atoms with Crippen molar-refractivity contribution in [2.75, 3.05) is 5.32 Å². The van der Waals surface area contributed by atoms with Gasteiger partial charge in [0.25, 0.3) is 0 Å². The minimum Gasteiger partial charge on any atom is -0.356 e. The van der Waals surface area contributed by atoms with Gasteiger partial charge in [0.05, 0.1) is 0 Å². The molecule has 0 aromatic carbocycles. The molecule has 1 aromatic heterocycles. The molecular weight excluding hydrogens is 216 g/mol. The molecule has 0 saturated carbocycles.